The van der Waals surface area contributed by atoms with E-state index in [1.807, 2.05) is 6.07 Å². The molecule has 1 aromatic rings. The van der Waals surface area contributed by atoms with Crippen molar-refractivity contribution in [2.24, 2.45) is 22.6 Å². The largest absolute Gasteiger partial charge is 0.381 e. The van der Waals surface area contributed by atoms with E-state index in [2.05, 4.69) is 31.6 Å². The Hall–Kier alpha value is -1.62. The molecule has 0 aromatic carbocycles. The molecule has 1 saturated carbocycles. The monoisotopic (exact) mass is 530 g/mol. The summed E-state index contributed by atoms with van der Waals surface area (Å²) in [6.07, 6.45) is 7.20. The number of nitrogens with zero attached hydrogens (tertiary/aromatic N) is 3. The molecular formula is C21H35IN6O2. The molecule has 1 atom stereocenters. The van der Waals surface area contributed by atoms with Gasteiger partial charge in [0, 0.05) is 58.2 Å². The number of carbonyl (C=O) groups is 1. The Kier molecular flexibility index (Phi) is 10.6. The molecule has 30 heavy (non-hydrogen) atoms. The van der Waals surface area contributed by atoms with E-state index >= 15 is 0 Å². The average molecular weight is 530 g/mol. The Balaban J connectivity index is 0.00000320. The van der Waals surface area contributed by atoms with Crippen LogP contribution in [-0.2, 0) is 16.1 Å². The Morgan fingerprint density at radius 3 is 2.93 bits per heavy atom. The first-order valence-corrected chi connectivity index (χ1v) is 10.7. The zero-order valence-electron chi connectivity index (χ0n) is 17.8. The molecule has 0 bridgehead atoms. The molecular weight excluding hydrogens is 495 g/mol. The third-order valence-corrected chi connectivity index (χ3v) is 5.47. The van der Waals surface area contributed by atoms with Gasteiger partial charge in [-0.15, -0.1) is 24.0 Å². The number of rotatable bonds is 10. The molecule has 8 nitrogen and oxygen atoms in total. The number of aliphatic imine (C=N–C) groups is 1. The number of nitrogens with two attached hydrogens (primary N) is 1. The molecule has 1 unspecified atom stereocenters. The standard InChI is InChI=1S/C21H34N6O2.HI/c1-23-21(25-10-4-12-29-15-16-7-8-16)26-13-17-5-2-9-24-20(17)27-11-3-6-18(14-27)19(22)28;/h2,5,9,16,18H,3-4,6-8,10-15H2,1H3,(H2,22,28)(H2,23,25,26);1H. The number of hydrogen-bond acceptors (Lipinski definition) is 5. The number of primary amides is 1. The minimum Gasteiger partial charge on any atom is -0.381 e. The van der Waals surface area contributed by atoms with E-state index < -0.39 is 0 Å². The molecule has 168 valence electrons. The van der Waals surface area contributed by atoms with Gasteiger partial charge in [-0.2, -0.15) is 0 Å². The molecule has 1 aliphatic carbocycles. The summed E-state index contributed by atoms with van der Waals surface area (Å²) in [6.45, 7) is 4.64. The van der Waals surface area contributed by atoms with E-state index in [1.54, 1.807) is 13.2 Å². The lowest BCUT2D eigenvalue weighted by Gasteiger charge is -2.33. The van der Waals surface area contributed by atoms with Gasteiger partial charge in [0.15, 0.2) is 5.96 Å². The van der Waals surface area contributed by atoms with Crippen molar-refractivity contribution in [2.45, 2.75) is 38.6 Å². The van der Waals surface area contributed by atoms with Crippen LogP contribution in [-0.4, -0.2) is 56.7 Å². The van der Waals surface area contributed by atoms with Crippen LogP contribution in [0, 0.1) is 11.8 Å². The first kappa shape index (κ1) is 24.6. The SMILES string of the molecule is CN=C(NCCCOCC1CC1)NCc1cccnc1N1CCCC(C(N)=O)C1.I. The fraction of sp³-hybridized carbons (Fsp3) is 0.667. The predicted molar refractivity (Wildman–Crippen MR) is 130 cm³/mol. The van der Waals surface area contributed by atoms with Crippen molar-refractivity contribution < 1.29 is 9.53 Å². The van der Waals surface area contributed by atoms with Crippen LogP contribution in [0.15, 0.2) is 23.3 Å². The van der Waals surface area contributed by atoms with Crippen LogP contribution in [0.25, 0.3) is 0 Å². The first-order chi connectivity index (χ1) is 14.2. The molecule has 1 amide bonds. The molecule has 2 aliphatic rings. The maximum Gasteiger partial charge on any atom is 0.222 e. The van der Waals surface area contributed by atoms with Gasteiger partial charge in [-0.05, 0) is 44.1 Å². The highest BCUT2D eigenvalue weighted by Crippen LogP contribution is 2.28. The second-order valence-corrected chi connectivity index (χ2v) is 7.90. The van der Waals surface area contributed by atoms with Crippen LogP contribution >= 0.6 is 24.0 Å². The highest BCUT2D eigenvalue weighted by molar-refractivity contribution is 14.0. The molecule has 2 fully saturated rings. The third-order valence-electron chi connectivity index (χ3n) is 5.47. The van der Waals surface area contributed by atoms with Gasteiger partial charge in [0.25, 0.3) is 0 Å². The Bertz CT molecular complexity index is 698. The normalized spacial score (nSPS) is 19.2. The highest BCUT2D eigenvalue weighted by Gasteiger charge is 2.26. The van der Waals surface area contributed by atoms with Crippen molar-refractivity contribution >= 4 is 41.7 Å². The fourth-order valence-corrected chi connectivity index (χ4v) is 3.57. The van der Waals surface area contributed by atoms with E-state index in [-0.39, 0.29) is 35.8 Å². The summed E-state index contributed by atoms with van der Waals surface area (Å²) in [5.41, 5.74) is 6.60. The number of halogens is 1. The van der Waals surface area contributed by atoms with Gasteiger partial charge in [0.05, 0.1) is 5.92 Å². The van der Waals surface area contributed by atoms with Crippen molar-refractivity contribution in [2.75, 3.05) is 44.8 Å². The molecule has 0 radical (unpaired) electrons. The smallest absolute Gasteiger partial charge is 0.222 e. The zero-order chi connectivity index (χ0) is 20.5. The predicted octanol–water partition coefficient (Wildman–Crippen LogP) is 1.88. The van der Waals surface area contributed by atoms with Gasteiger partial charge in [-0.3, -0.25) is 9.79 Å². The summed E-state index contributed by atoms with van der Waals surface area (Å²) >= 11 is 0. The van der Waals surface area contributed by atoms with Gasteiger partial charge in [0.2, 0.25) is 5.91 Å². The molecule has 1 aliphatic heterocycles. The maximum absolute atomic E-state index is 11.6. The van der Waals surface area contributed by atoms with E-state index in [0.29, 0.717) is 13.1 Å². The quantitative estimate of drug-likeness (QED) is 0.185. The van der Waals surface area contributed by atoms with E-state index in [0.717, 1.165) is 68.8 Å². The van der Waals surface area contributed by atoms with Crippen LogP contribution < -0.4 is 21.3 Å². The van der Waals surface area contributed by atoms with Crippen molar-refractivity contribution in [1.29, 1.82) is 0 Å². The summed E-state index contributed by atoms with van der Waals surface area (Å²) < 4.78 is 5.66. The van der Waals surface area contributed by atoms with Crippen molar-refractivity contribution in [3.63, 3.8) is 0 Å². The number of piperidine rings is 1. The number of carbonyl (C=O) groups excluding carboxylic acids is 1. The number of anilines is 1. The van der Waals surface area contributed by atoms with Crippen LogP contribution in [0.4, 0.5) is 5.82 Å². The van der Waals surface area contributed by atoms with E-state index in [1.165, 1.54) is 12.8 Å². The number of pyridine rings is 1. The molecule has 2 heterocycles. The Labute approximate surface area is 196 Å². The first-order valence-electron chi connectivity index (χ1n) is 10.7. The van der Waals surface area contributed by atoms with Crippen molar-refractivity contribution in [3.05, 3.63) is 23.9 Å². The second-order valence-electron chi connectivity index (χ2n) is 7.90. The van der Waals surface area contributed by atoms with Gasteiger partial charge in [0.1, 0.15) is 5.82 Å². The van der Waals surface area contributed by atoms with Crippen LogP contribution in [0.2, 0.25) is 0 Å². The lowest BCUT2D eigenvalue weighted by molar-refractivity contribution is -0.122. The molecule has 1 saturated heterocycles. The molecule has 4 N–H and O–H groups in total. The summed E-state index contributed by atoms with van der Waals surface area (Å²) in [5.74, 6) is 2.15. The number of aromatic nitrogens is 1. The summed E-state index contributed by atoms with van der Waals surface area (Å²) in [4.78, 5) is 22.6. The van der Waals surface area contributed by atoms with Crippen LogP contribution in [0.3, 0.4) is 0 Å². The van der Waals surface area contributed by atoms with Gasteiger partial charge in [-0.1, -0.05) is 6.07 Å². The fourth-order valence-electron chi connectivity index (χ4n) is 3.57. The number of amides is 1. The number of hydrogen-bond donors (Lipinski definition) is 3. The summed E-state index contributed by atoms with van der Waals surface area (Å²) in [7, 11) is 1.77. The number of nitrogens with one attached hydrogen (secondary N) is 2. The topological polar surface area (TPSA) is 105 Å². The summed E-state index contributed by atoms with van der Waals surface area (Å²) in [6, 6.07) is 3.99. The zero-order valence-corrected chi connectivity index (χ0v) is 20.1. The van der Waals surface area contributed by atoms with Gasteiger partial charge < -0.3 is 26.0 Å². The lowest BCUT2D eigenvalue weighted by Crippen LogP contribution is -2.42. The highest BCUT2D eigenvalue weighted by atomic mass is 127. The molecule has 9 heteroatoms. The second kappa shape index (κ2) is 12.9. The maximum atomic E-state index is 11.6. The Morgan fingerprint density at radius 2 is 2.20 bits per heavy atom. The minimum atomic E-state index is -0.226. The van der Waals surface area contributed by atoms with E-state index in [9.17, 15) is 4.79 Å². The van der Waals surface area contributed by atoms with Crippen molar-refractivity contribution in [1.82, 2.24) is 15.6 Å². The van der Waals surface area contributed by atoms with Crippen molar-refractivity contribution in [3.8, 4) is 0 Å². The summed E-state index contributed by atoms with van der Waals surface area (Å²) in [5, 5.41) is 6.69. The van der Waals surface area contributed by atoms with Gasteiger partial charge >= 0.3 is 0 Å². The minimum absolute atomic E-state index is 0. The van der Waals surface area contributed by atoms with Crippen LogP contribution in [0.5, 0.6) is 0 Å². The van der Waals surface area contributed by atoms with E-state index in [4.69, 9.17) is 10.5 Å². The average Bonchev–Trinajstić information content (AvgIpc) is 3.57. The third kappa shape index (κ3) is 7.90. The van der Waals surface area contributed by atoms with Crippen LogP contribution in [0.1, 0.15) is 37.7 Å². The number of ether oxygens (including phenoxy) is 1. The molecule has 3 rings (SSSR count). The molecule has 0 spiro atoms. The number of guanidine groups is 1. The Morgan fingerprint density at radius 1 is 1.37 bits per heavy atom. The lowest BCUT2D eigenvalue weighted by atomic mass is 9.97. The van der Waals surface area contributed by atoms with Gasteiger partial charge in [-0.25, -0.2) is 4.98 Å². The molecule has 1 aromatic heterocycles.